The molecule has 0 fully saturated rings. The fourth-order valence-electron chi connectivity index (χ4n) is 1.32. The number of thioether (sulfide) groups is 1. The number of aliphatic imine (C=N–C) groups is 1. The van der Waals surface area contributed by atoms with Gasteiger partial charge in [-0.25, -0.2) is 0 Å². The molecule has 0 aliphatic heterocycles. The number of nitrogens with one attached hydrogen (secondary N) is 2. The van der Waals surface area contributed by atoms with E-state index in [0.29, 0.717) is 0 Å². The van der Waals surface area contributed by atoms with Crippen molar-refractivity contribution < 1.29 is 0 Å². The van der Waals surface area contributed by atoms with Gasteiger partial charge in [0.2, 0.25) is 0 Å². The first-order valence-corrected chi connectivity index (χ1v) is 7.63. The molecule has 1 aromatic rings. The molecule has 17 heavy (non-hydrogen) atoms. The standard InChI is InChI=1S/C12H18BrN3S/c1-14-12(15-6-7-17-2)16-9-10-4-3-5-11(13)8-10/h3-5,8H,6-7,9H2,1-2H3,(H2,14,15,16). The Morgan fingerprint density at radius 1 is 1.41 bits per heavy atom. The Morgan fingerprint density at radius 2 is 2.24 bits per heavy atom. The number of benzene rings is 1. The van der Waals surface area contributed by atoms with E-state index < -0.39 is 0 Å². The second-order valence-corrected chi connectivity index (χ2v) is 5.38. The van der Waals surface area contributed by atoms with Crippen LogP contribution in [0.5, 0.6) is 0 Å². The number of guanidine groups is 1. The Kier molecular flexibility index (Phi) is 7.12. The van der Waals surface area contributed by atoms with Gasteiger partial charge in [-0.15, -0.1) is 0 Å². The lowest BCUT2D eigenvalue weighted by atomic mass is 10.2. The van der Waals surface area contributed by atoms with Crippen LogP contribution in [0.3, 0.4) is 0 Å². The van der Waals surface area contributed by atoms with Gasteiger partial charge in [-0.3, -0.25) is 4.99 Å². The van der Waals surface area contributed by atoms with Gasteiger partial charge < -0.3 is 10.6 Å². The summed E-state index contributed by atoms with van der Waals surface area (Å²) in [5.41, 5.74) is 1.23. The summed E-state index contributed by atoms with van der Waals surface area (Å²) in [6, 6.07) is 8.25. The zero-order valence-electron chi connectivity index (χ0n) is 10.2. The van der Waals surface area contributed by atoms with Gasteiger partial charge in [-0.2, -0.15) is 11.8 Å². The van der Waals surface area contributed by atoms with Gasteiger partial charge in [0.15, 0.2) is 5.96 Å². The third-order valence-electron chi connectivity index (χ3n) is 2.17. The molecule has 0 spiro atoms. The third-order valence-corrected chi connectivity index (χ3v) is 3.28. The lowest BCUT2D eigenvalue weighted by Crippen LogP contribution is -2.37. The van der Waals surface area contributed by atoms with Gasteiger partial charge in [-0.1, -0.05) is 28.1 Å². The Hall–Kier alpha value is -0.680. The van der Waals surface area contributed by atoms with Crippen LogP contribution in [0.4, 0.5) is 0 Å². The van der Waals surface area contributed by atoms with Crippen LogP contribution in [0.25, 0.3) is 0 Å². The molecule has 0 bridgehead atoms. The average molecular weight is 316 g/mol. The maximum Gasteiger partial charge on any atom is 0.191 e. The number of halogens is 1. The van der Waals surface area contributed by atoms with E-state index in [1.165, 1.54) is 5.56 Å². The molecule has 0 saturated heterocycles. The minimum atomic E-state index is 0.776. The Labute approximate surface area is 116 Å². The molecule has 0 aliphatic rings. The number of nitrogens with zero attached hydrogens (tertiary/aromatic N) is 1. The normalized spacial score (nSPS) is 11.4. The number of hydrogen-bond acceptors (Lipinski definition) is 2. The predicted octanol–water partition coefficient (Wildman–Crippen LogP) is 2.48. The monoisotopic (exact) mass is 315 g/mol. The molecule has 3 nitrogen and oxygen atoms in total. The molecule has 1 rings (SSSR count). The molecule has 0 saturated carbocycles. The van der Waals surface area contributed by atoms with Gasteiger partial charge in [0.05, 0.1) is 0 Å². The van der Waals surface area contributed by atoms with Gasteiger partial charge in [0.1, 0.15) is 0 Å². The van der Waals surface area contributed by atoms with Crippen molar-refractivity contribution in [3.8, 4) is 0 Å². The lowest BCUT2D eigenvalue weighted by Gasteiger charge is -2.11. The van der Waals surface area contributed by atoms with Crippen LogP contribution in [0.1, 0.15) is 5.56 Å². The number of rotatable bonds is 5. The summed E-state index contributed by atoms with van der Waals surface area (Å²) >= 11 is 5.28. The maximum atomic E-state index is 4.17. The van der Waals surface area contributed by atoms with Crippen LogP contribution in [-0.2, 0) is 6.54 Å². The zero-order valence-corrected chi connectivity index (χ0v) is 12.6. The van der Waals surface area contributed by atoms with E-state index in [9.17, 15) is 0 Å². The number of hydrogen-bond donors (Lipinski definition) is 2. The van der Waals surface area contributed by atoms with Crippen molar-refractivity contribution in [1.82, 2.24) is 10.6 Å². The van der Waals surface area contributed by atoms with Crippen molar-refractivity contribution in [3.63, 3.8) is 0 Å². The van der Waals surface area contributed by atoms with Gasteiger partial charge in [0.25, 0.3) is 0 Å². The summed E-state index contributed by atoms with van der Waals surface area (Å²) in [5, 5.41) is 6.54. The van der Waals surface area contributed by atoms with E-state index in [-0.39, 0.29) is 0 Å². The van der Waals surface area contributed by atoms with Crippen molar-refractivity contribution >= 4 is 33.7 Å². The third kappa shape index (κ3) is 5.98. The van der Waals surface area contributed by atoms with Crippen LogP contribution in [-0.4, -0.2) is 31.6 Å². The molecule has 94 valence electrons. The summed E-state index contributed by atoms with van der Waals surface area (Å²) in [6.07, 6.45) is 2.10. The van der Waals surface area contributed by atoms with Gasteiger partial charge in [0, 0.05) is 30.4 Å². The fourth-order valence-corrected chi connectivity index (χ4v) is 2.08. The van der Waals surface area contributed by atoms with E-state index in [2.05, 4.69) is 49.9 Å². The topological polar surface area (TPSA) is 36.4 Å². The van der Waals surface area contributed by atoms with Crippen molar-refractivity contribution in [2.75, 3.05) is 25.6 Å². The largest absolute Gasteiger partial charge is 0.356 e. The van der Waals surface area contributed by atoms with E-state index in [1.807, 2.05) is 23.9 Å². The van der Waals surface area contributed by atoms with Crippen molar-refractivity contribution in [1.29, 1.82) is 0 Å². The summed E-state index contributed by atoms with van der Waals surface area (Å²) in [4.78, 5) is 4.17. The quantitative estimate of drug-likeness (QED) is 0.498. The molecule has 0 heterocycles. The predicted molar refractivity (Wildman–Crippen MR) is 80.7 cm³/mol. The highest BCUT2D eigenvalue weighted by Crippen LogP contribution is 2.11. The van der Waals surface area contributed by atoms with Crippen LogP contribution < -0.4 is 10.6 Å². The second-order valence-electron chi connectivity index (χ2n) is 3.48. The highest BCUT2D eigenvalue weighted by atomic mass is 79.9. The van der Waals surface area contributed by atoms with Crippen LogP contribution in [0.15, 0.2) is 33.7 Å². The van der Waals surface area contributed by atoms with Crippen LogP contribution in [0.2, 0.25) is 0 Å². The zero-order chi connectivity index (χ0) is 12.5. The molecule has 0 radical (unpaired) electrons. The lowest BCUT2D eigenvalue weighted by molar-refractivity contribution is 0.832. The molecular weight excluding hydrogens is 298 g/mol. The average Bonchev–Trinajstić information content (AvgIpc) is 2.34. The SMILES string of the molecule is CN=C(NCCSC)NCc1cccc(Br)c1. The smallest absolute Gasteiger partial charge is 0.191 e. The van der Waals surface area contributed by atoms with E-state index >= 15 is 0 Å². The first-order valence-electron chi connectivity index (χ1n) is 5.44. The summed E-state index contributed by atoms with van der Waals surface area (Å²) in [7, 11) is 1.79. The fraction of sp³-hybridized carbons (Fsp3) is 0.417. The summed E-state index contributed by atoms with van der Waals surface area (Å²) in [6.45, 7) is 1.71. The van der Waals surface area contributed by atoms with Gasteiger partial charge in [-0.05, 0) is 24.0 Å². The molecule has 0 amide bonds. The van der Waals surface area contributed by atoms with Crippen molar-refractivity contribution in [2.45, 2.75) is 6.54 Å². The molecule has 0 atom stereocenters. The Morgan fingerprint density at radius 3 is 2.88 bits per heavy atom. The summed E-state index contributed by atoms with van der Waals surface area (Å²) in [5.74, 6) is 1.93. The van der Waals surface area contributed by atoms with Crippen LogP contribution >= 0.6 is 27.7 Å². The van der Waals surface area contributed by atoms with Crippen molar-refractivity contribution in [2.24, 2.45) is 4.99 Å². The molecule has 1 aromatic carbocycles. The Bertz CT molecular complexity index is 369. The van der Waals surface area contributed by atoms with Crippen LogP contribution in [0, 0.1) is 0 Å². The first kappa shape index (κ1) is 14.4. The van der Waals surface area contributed by atoms with E-state index in [0.717, 1.165) is 29.3 Å². The maximum absolute atomic E-state index is 4.17. The highest BCUT2D eigenvalue weighted by Gasteiger charge is 1.98. The molecule has 0 aliphatic carbocycles. The Balaban J connectivity index is 2.37. The molecule has 5 heteroatoms. The minimum Gasteiger partial charge on any atom is -0.356 e. The summed E-state index contributed by atoms with van der Waals surface area (Å²) < 4.78 is 1.10. The van der Waals surface area contributed by atoms with E-state index in [1.54, 1.807) is 7.05 Å². The highest BCUT2D eigenvalue weighted by molar-refractivity contribution is 9.10. The molecular formula is C12H18BrN3S. The first-order chi connectivity index (χ1) is 8.26. The van der Waals surface area contributed by atoms with Crippen molar-refractivity contribution in [3.05, 3.63) is 34.3 Å². The van der Waals surface area contributed by atoms with Gasteiger partial charge >= 0.3 is 0 Å². The molecule has 0 unspecified atom stereocenters. The second kappa shape index (κ2) is 8.42. The minimum absolute atomic E-state index is 0.776. The van der Waals surface area contributed by atoms with E-state index in [4.69, 9.17) is 0 Å². The molecule has 0 aromatic heterocycles. The molecule has 2 N–H and O–H groups in total.